The molecule has 0 N–H and O–H groups in total. The molecule has 0 saturated carbocycles. The minimum atomic E-state index is 0. The molecular formula is C26H20BiO2. The SMILES string of the molecule is O=C(c1ccccc1)c1ccccc1.O=C(c1ccccc1)c1ccccc1.[Bi]. The van der Waals surface area contributed by atoms with Crippen LogP contribution in [-0.4, -0.2) is 37.8 Å². The molecule has 2 nitrogen and oxygen atoms in total. The first-order valence-electron chi connectivity index (χ1n) is 9.05. The van der Waals surface area contributed by atoms with Gasteiger partial charge in [0.05, 0.1) is 0 Å². The number of hydrogen-bond acceptors (Lipinski definition) is 2. The Bertz CT molecular complexity index is 845. The third-order valence-electron chi connectivity index (χ3n) is 4.14. The summed E-state index contributed by atoms with van der Waals surface area (Å²) in [6.07, 6.45) is 0. The third kappa shape index (κ3) is 6.59. The van der Waals surface area contributed by atoms with Crippen LogP contribution in [0.3, 0.4) is 0 Å². The second-order valence-corrected chi connectivity index (χ2v) is 6.12. The molecule has 3 heteroatoms. The van der Waals surface area contributed by atoms with Crippen LogP contribution in [0.1, 0.15) is 31.8 Å². The summed E-state index contributed by atoms with van der Waals surface area (Å²) < 4.78 is 0. The first kappa shape index (κ1) is 22.4. The molecule has 0 spiro atoms. The van der Waals surface area contributed by atoms with Gasteiger partial charge in [-0.1, -0.05) is 121 Å². The van der Waals surface area contributed by atoms with Gasteiger partial charge in [-0.2, -0.15) is 0 Å². The Balaban J connectivity index is 0.000000200. The fraction of sp³-hybridized carbons (Fsp3) is 0. The van der Waals surface area contributed by atoms with E-state index in [1.807, 2.05) is 121 Å². The van der Waals surface area contributed by atoms with E-state index in [4.69, 9.17) is 0 Å². The van der Waals surface area contributed by atoms with Crippen molar-refractivity contribution in [2.75, 3.05) is 0 Å². The van der Waals surface area contributed by atoms with Gasteiger partial charge < -0.3 is 0 Å². The van der Waals surface area contributed by atoms with Crippen LogP contribution in [0.4, 0.5) is 0 Å². The molecule has 0 amide bonds. The number of ketones is 2. The quantitative estimate of drug-likeness (QED) is 0.240. The van der Waals surface area contributed by atoms with Gasteiger partial charge in [-0.15, -0.1) is 0 Å². The monoisotopic (exact) mass is 573 g/mol. The molecule has 3 radical (unpaired) electrons. The van der Waals surface area contributed by atoms with Gasteiger partial charge in [0.25, 0.3) is 0 Å². The second-order valence-electron chi connectivity index (χ2n) is 6.12. The maximum Gasteiger partial charge on any atom is 0.193 e. The van der Waals surface area contributed by atoms with Crippen molar-refractivity contribution in [3.05, 3.63) is 144 Å². The molecule has 0 bridgehead atoms. The summed E-state index contributed by atoms with van der Waals surface area (Å²) in [4.78, 5) is 23.7. The molecule has 0 heterocycles. The molecule has 0 aromatic heterocycles. The van der Waals surface area contributed by atoms with Crippen molar-refractivity contribution in [1.29, 1.82) is 0 Å². The fourth-order valence-electron chi connectivity index (χ4n) is 2.69. The van der Waals surface area contributed by atoms with Gasteiger partial charge in [-0.05, 0) is 0 Å². The number of carbonyl (C=O) groups is 2. The zero-order chi connectivity index (χ0) is 19.6. The molecule has 29 heavy (non-hydrogen) atoms. The summed E-state index contributed by atoms with van der Waals surface area (Å²) in [5.74, 6) is 0.150. The molecule has 4 aromatic rings. The summed E-state index contributed by atoms with van der Waals surface area (Å²) in [6.45, 7) is 0. The predicted octanol–water partition coefficient (Wildman–Crippen LogP) is 5.45. The van der Waals surface area contributed by atoms with Gasteiger partial charge in [0, 0.05) is 48.5 Å². The largest absolute Gasteiger partial charge is 0.289 e. The third-order valence-corrected chi connectivity index (χ3v) is 4.14. The van der Waals surface area contributed by atoms with E-state index < -0.39 is 0 Å². The van der Waals surface area contributed by atoms with Crippen LogP contribution in [0.2, 0.25) is 0 Å². The number of carbonyl (C=O) groups excluding carboxylic acids is 2. The van der Waals surface area contributed by atoms with E-state index >= 15 is 0 Å². The van der Waals surface area contributed by atoms with Crippen molar-refractivity contribution >= 4 is 37.8 Å². The molecule has 0 aliphatic heterocycles. The van der Waals surface area contributed by atoms with E-state index in [-0.39, 0.29) is 37.8 Å². The van der Waals surface area contributed by atoms with Gasteiger partial charge in [0.15, 0.2) is 11.6 Å². The summed E-state index contributed by atoms with van der Waals surface area (Å²) in [7, 11) is 0. The van der Waals surface area contributed by atoms with Crippen LogP contribution in [0.5, 0.6) is 0 Å². The minimum Gasteiger partial charge on any atom is -0.289 e. The van der Waals surface area contributed by atoms with Gasteiger partial charge in [0.2, 0.25) is 0 Å². The maximum atomic E-state index is 11.8. The van der Waals surface area contributed by atoms with Crippen LogP contribution in [-0.2, 0) is 0 Å². The van der Waals surface area contributed by atoms with E-state index in [0.29, 0.717) is 0 Å². The Labute approximate surface area is 190 Å². The average Bonchev–Trinajstić information content (AvgIpc) is 2.81. The van der Waals surface area contributed by atoms with E-state index in [0.717, 1.165) is 22.3 Å². The van der Waals surface area contributed by atoms with Crippen LogP contribution >= 0.6 is 0 Å². The van der Waals surface area contributed by atoms with Crippen molar-refractivity contribution < 1.29 is 9.59 Å². The topological polar surface area (TPSA) is 34.1 Å². The molecule has 0 aliphatic carbocycles. The molecule has 0 unspecified atom stereocenters. The molecular weight excluding hydrogens is 553 g/mol. The molecule has 0 atom stereocenters. The van der Waals surface area contributed by atoms with Crippen LogP contribution in [0.25, 0.3) is 0 Å². The maximum absolute atomic E-state index is 11.8. The molecule has 0 fully saturated rings. The summed E-state index contributed by atoms with van der Waals surface area (Å²) in [5.41, 5.74) is 2.94. The first-order valence-corrected chi connectivity index (χ1v) is 9.05. The Hall–Kier alpha value is -2.90. The molecule has 0 saturated heterocycles. The van der Waals surface area contributed by atoms with Crippen molar-refractivity contribution in [2.24, 2.45) is 0 Å². The zero-order valence-electron chi connectivity index (χ0n) is 15.8. The molecule has 4 aromatic carbocycles. The van der Waals surface area contributed by atoms with Crippen LogP contribution in [0, 0.1) is 0 Å². The predicted molar refractivity (Wildman–Crippen MR) is 118 cm³/mol. The van der Waals surface area contributed by atoms with E-state index in [9.17, 15) is 9.59 Å². The Kier molecular flexibility index (Phi) is 9.14. The van der Waals surface area contributed by atoms with Crippen molar-refractivity contribution in [2.45, 2.75) is 0 Å². The number of hydrogen-bond donors (Lipinski definition) is 0. The normalized spacial score (nSPS) is 9.38. The van der Waals surface area contributed by atoms with E-state index in [1.54, 1.807) is 0 Å². The summed E-state index contributed by atoms with van der Waals surface area (Å²) in [6, 6.07) is 37.2. The van der Waals surface area contributed by atoms with Crippen molar-refractivity contribution in [3.8, 4) is 0 Å². The summed E-state index contributed by atoms with van der Waals surface area (Å²) in [5, 5.41) is 0. The van der Waals surface area contributed by atoms with Crippen molar-refractivity contribution in [3.63, 3.8) is 0 Å². The Morgan fingerprint density at radius 3 is 0.690 bits per heavy atom. The van der Waals surface area contributed by atoms with Gasteiger partial charge >= 0.3 is 0 Å². The number of rotatable bonds is 4. The van der Waals surface area contributed by atoms with Gasteiger partial charge in [-0.25, -0.2) is 0 Å². The fourth-order valence-corrected chi connectivity index (χ4v) is 2.69. The molecule has 0 aliphatic rings. The van der Waals surface area contributed by atoms with Gasteiger partial charge in [0.1, 0.15) is 0 Å². The Morgan fingerprint density at radius 2 is 0.517 bits per heavy atom. The Morgan fingerprint density at radius 1 is 0.345 bits per heavy atom. The van der Waals surface area contributed by atoms with E-state index in [2.05, 4.69) is 0 Å². The van der Waals surface area contributed by atoms with Gasteiger partial charge in [-0.3, -0.25) is 9.59 Å². The first-order chi connectivity index (χ1) is 13.8. The van der Waals surface area contributed by atoms with Crippen molar-refractivity contribution in [1.82, 2.24) is 0 Å². The molecule has 4 rings (SSSR count). The van der Waals surface area contributed by atoms with E-state index in [1.165, 1.54) is 0 Å². The number of benzene rings is 4. The summed E-state index contributed by atoms with van der Waals surface area (Å²) >= 11 is 0. The second kappa shape index (κ2) is 11.8. The smallest absolute Gasteiger partial charge is 0.193 e. The minimum absolute atomic E-state index is 0. The molecule has 141 valence electrons. The van der Waals surface area contributed by atoms with Crippen LogP contribution in [0.15, 0.2) is 121 Å². The average molecular weight is 573 g/mol. The van der Waals surface area contributed by atoms with Crippen LogP contribution < -0.4 is 0 Å². The standard InChI is InChI=1S/2C13H10O.Bi/c2*14-13(11-7-3-1-4-8-11)12-9-5-2-6-10-12;/h2*1-10H;. The zero-order valence-corrected chi connectivity index (χ0v) is 19.3.